The maximum absolute atomic E-state index is 13.3. The lowest BCUT2D eigenvalue weighted by atomic mass is 10.1. The number of amides is 1. The average Bonchev–Trinajstić information content (AvgIpc) is 2.21. The minimum atomic E-state index is -0.225. The second-order valence-electron chi connectivity index (χ2n) is 3.79. The predicted molar refractivity (Wildman–Crippen MR) is 61.6 cm³/mol. The Morgan fingerprint density at radius 3 is 2.75 bits per heavy atom. The van der Waals surface area contributed by atoms with Crippen molar-refractivity contribution in [2.45, 2.75) is 19.4 Å². The molecular formula is C12H17FN2O. The molecule has 0 fully saturated rings. The van der Waals surface area contributed by atoms with Crippen LogP contribution in [0.5, 0.6) is 0 Å². The molecule has 1 atom stereocenters. The highest BCUT2D eigenvalue weighted by atomic mass is 19.1. The summed E-state index contributed by atoms with van der Waals surface area (Å²) >= 11 is 0. The highest BCUT2D eigenvalue weighted by Crippen LogP contribution is 2.08. The third-order valence-electron chi connectivity index (χ3n) is 2.23. The number of nitrogens with one attached hydrogen (secondary N) is 2. The second kappa shape index (κ2) is 6.23. The van der Waals surface area contributed by atoms with Crippen LogP contribution in [0.15, 0.2) is 24.3 Å². The first-order chi connectivity index (χ1) is 7.63. The molecule has 0 spiro atoms. The third kappa shape index (κ3) is 3.98. The summed E-state index contributed by atoms with van der Waals surface area (Å²) in [4.78, 5) is 11.3. The van der Waals surface area contributed by atoms with Gasteiger partial charge in [-0.15, -0.1) is 0 Å². The van der Waals surface area contributed by atoms with Gasteiger partial charge in [-0.05, 0) is 32.0 Å². The first-order valence-corrected chi connectivity index (χ1v) is 5.31. The summed E-state index contributed by atoms with van der Waals surface area (Å²) in [5.41, 5.74) is 0.625. The minimum Gasteiger partial charge on any atom is -0.352 e. The van der Waals surface area contributed by atoms with Crippen LogP contribution >= 0.6 is 0 Å². The van der Waals surface area contributed by atoms with E-state index in [2.05, 4.69) is 10.6 Å². The molecule has 0 bridgehead atoms. The van der Waals surface area contributed by atoms with Gasteiger partial charge in [0.25, 0.3) is 0 Å². The summed E-state index contributed by atoms with van der Waals surface area (Å²) in [5, 5.41) is 5.55. The van der Waals surface area contributed by atoms with Crippen molar-refractivity contribution < 1.29 is 9.18 Å². The summed E-state index contributed by atoms with van der Waals surface area (Å²) in [6.07, 6.45) is 0.502. The number of rotatable bonds is 5. The molecule has 4 heteroatoms. The van der Waals surface area contributed by atoms with Crippen LogP contribution in [0.3, 0.4) is 0 Å². The highest BCUT2D eigenvalue weighted by molar-refractivity contribution is 5.78. The quantitative estimate of drug-likeness (QED) is 0.786. The number of carbonyl (C=O) groups excluding carboxylic acids is 1. The number of benzene rings is 1. The molecule has 0 heterocycles. The molecule has 0 saturated carbocycles. The largest absolute Gasteiger partial charge is 0.352 e. The van der Waals surface area contributed by atoms with Gasteiger partial charge in [0, 0.05) is 6.04 Å². The highest BCUT2D eigenvalue weighted by Gasteiger charge is 2.09. The summed E-state index contributed by atoms with van der Waals surface area (Å²) in [5.74, 6) is -0.302. The lowest BCUT2D eigenvalue weighted by molar-refractivity contribution is -0.120. The van der Waals surface area contributed by atoms with Crippen LogP contribution in [0.4, 0.5) is 4.39 Å². The lowest BCUT2D eigenvalue weighted by Gasteiger charge is -2.14. The van der Waals surface area contributed by atoms with E-state index in [-0.39, 0.29) is 24.3 Å². The van der Waals surface area contributed by atoms with Gasteiger partial charge in [-0.3, -0.25) is 4.79 Å². The molecule has 0 radical (unpaired) electrons. The molecule has 2 N–H and O–H groups in total. The molecule has 3 nitrogen and oxygen atoms in total. The fourth-order valence-electron chi connectivity index (χ4n) is 1.53. The summed E-state index contributed by atoms with van der Waals surface area (Å²) in [6.45, 7) is 2.14. The van der Waals surface area contributed by atoms with E-state index in [0.717, 1.165) is 0 Å². The van der Waals surface area contributed by atoms with Crippen molar-refractivity contribution in [1.82, 2.24) is 10.6 Å². The number of likely N-dealkylation sites (N-methyl/N-ethyl adjacent to an activating group) is 1. The van der Waals surface area contributed by atoms with Crippen LogP contribution in [0.1, 0.15) is 12.5 Å². The lowest BCUT2D eigenvalue weighted by Crippen LogP contribution is -2.39. The number of carbonyl (C=O) groups is 1. The number of hydrogen-bond acceptors (Lipinski definition) is 2. The fraction of sp³-hybridized carbons (Fsp3) is 0.417. The first kappa shape index (κ1) is 12.6. The molecule has 1 unspecified atom stereocenters. The van der Waals surface area contributed by atoms with E-state index in [1.54, 1.807) is 25.2 Å². The van der Waals surface area contributed by atoms with E-state index >= 15 is 0 Å². The van der Waals surface area contributed by atoms with Gasteiger partial charge in [0.15, 0.2) is 0 Å². The molecule has 1 rings (SSSR count). The summed E-state index contributed by atoms with van der Waals surface area (Å²) < 4.78 is 13.3. The number of hydrogen-bond donors (Lipinski definition) is 2. The summed E-state index contributed by atoms with van der Waals surface area (Å²) in [6, 6.07) is 6.54. The van der Waals surface area contributed by atoms with Gasteiger partial charge < -0.3 is 10.6 Å². The van der Waals surface area contributed by atoms with Crippen molar-refractivity contribution in [2.24, 2.45) is 0 Å². The SMILES string of the molecule is CNCC(=O)NC(C)Cc1ccccc1F. The van der Waals surface area contributed by atoms with E-state index in [9.17, 15) is 9.18 Å². The van der Waals surface area contributed by atoms with Gasteiger partial charge in [-0.1, -0.05) is 18.2 Å². The van der Waals surface area contributed by atoms with E-state index in [4.69, 9.17) is 0 Å². The van der Waals surface area contributed by atoms with Gasteiger partial charge in [0.2, 0.25) is 5.91 Å². The predicted octanol–water partition coefficient (Wildman–Crippen LogP) is 1.09. The average molecular weight is 224 g/mol. The molecular weight excluding hydrogens is 207 g/mol. The topological polar surface area (TPSA) is 41.1 Å². The Morgan fingerprint density at radius 2 is 2.12 bits per heavy atom. The Balaban J connectivity index is 2.48. The Kier molecular flexibility index (Phi) is 4.92. The van der Waals surface area contributed by atoms with Gasteiger partial charge in [-0.2, -0.15) is 0 Å². The van der Waals surface area contributed by atoms with Gasteiger partial charge in [0.1, 0.15) is 5.82 Å². The van der Waals surface area contributed by atoms with Gasteiger partial charge in [0.05, 0.1) is 6.54 Å². The van der Waals surface area contributed by atoms with Crippen molar-refractivity contribution in [2.75, 3.05) is 13.6 Å². The van der Waals surface area contributed by atoms with Crippen molar-refractivity contribution >= 4 is 5.91 Å². The second-order valence-corrected chi connectivity index (χ2v) is 3.79. The maximum Gasteiger partial charge on any atom is 0.234 e. The van der Waals surface area contributed by atoms with Gasteiger partial charge in [-0.25, -0.2) is 4.39 Å². The Bertz CT molecular complexity index is 355. The van der Waals surface area contributed by atoms with Gasteiger partial charge >= 0.3 is 0 Å². The third-order valence-corrected chi connectivity index (χ3v) is 2.23. The standard InChI is InChI=1S/C12H17FN2O/c1-9(15-12(16)8-14-2)7-10-5-3-4-6-11(10)13/h3-6,9,14H,7-8H2,1-2H3,(H,15,16). The molecule has 0 saturated heterocycles. The molecule has 0 aromatic heterocycles. The van der Waals surface area contributed by atoms with Crippen molar-refractivity contribution in [3.63, 3.8) is 0 Å². The zero-order chi connectivity index (χ0) is 12.0. The monoisotopic (exact) mass is 224 g/mol. The molecule has 88 valence electrons. The molecule has 0 aliphatic rings. The normalized spacial score (nSPS) is 12.2. The molecule has 0 aliphatic heterocycles. The van der Waals surface area contributed by atoms with Crippen molar-refractivity contribution in [3.05, 3.63) is 35.6 Å². The minimum absolute atomic E-state index is 0.0715. The molecule has 0 aliphatic carbocycles. The van der Waals surface area contributed by atoms with Crippen LogP contribution in [0.2, 0.25) is 0 Å². The van der Waals surface area contributed by atoms with Crippen LogP contribution in [0.25, 0.3) is 0 Å². The van der Waals surface area contributed by atoms with Crippen molar-refractivity contribution in [3.8, 4) is 0 Å². The van der Waals surface area contributed by atoms with E-state index in [0.29, 0.717) is 12.0 Å². The number of halogens is 1. The first-order valence-electron chi connectivity index (χ1n) is 5.31. The fourth-order valence-corrected chi connectivity index (χ4v) is 1.53. The van der Waals surface area contributed by atoms with Crippen LogP contribution in [-0.4, -0.2) is 25.5 Å². The van der Waals surface area contributed by atoms with Crippen molar-refractivity contribution in [1.29, 1.82) is 0 Å². The molecule has 1 amide bonds. The Morgan fingerprint density at radius 1 is 1.44 bits per heavy atom. The molecule has 16 heavy (non-hydrogen) atoms. The Labute approximate surface area is 95.0 Å². The maximum atomic E-state index is 13.3. The molecule has 1 aromatic rings. The van der Waals surface area contributed by atoms with E-state index < -0.39 is 0 Å². The Hall–Kier alpha value is -1.42. The zero-order valence-electron chi connectivity index (χ0n) is 9.59. The zero-order valence-corrected chi connectivity index (χ0v) is 9.59. The van der Waals surface area contributed by atoms with Crippen LogP contribution < -0.4 is 10.6 Å². The van der Waals surface area contributed by atoms with E-state index in [1.807, 2.05) is 6.92 Å². The van der Waals surface area contributed by atoms with E-state index in [1.165, 1.54) is 6.07 Å². The van der Waals surface area contributed by atoms with Crippen LogP contribution in [-0.2, 0) is 11.2 Å². The molecule has 1 aromatic carbocycles. The summed E-state index contributed by atoms with van der Waals surface area (Å²) in [7, 11) is 1.71. The smallest absolute Gasteiger partial charge is 0.234 e. The van der Waals surface area contributed by atoms with Crippen LogP contribution in [0, 0.1) is 5.82 Å².